The van der Waals surface area contributed by atoms with Gasteiger partial charge in [-0.05, 0) is 19.9 Å². The normalized spacial score (nSPS) is 22.7. The Morgan fingerprint density at radius 2 is 2.00 bits per heavy atom. The Labute approximate surface area is 106 Å². The van der Waals surface area contributed by atoms with Crippen LogP contribution in [0.25, 0.3) is 0 Å². The number of hydrogen-bond donors (Lipinski definition) is 3. The summed E-state index contributed by atoms with van der Waals surface area (Å²) in [4.78, 5) is 9.88. The van der Waals surface area contributed by atoms with Crippen molar-refractivity contribution in [2.45, 2.75) is 26.1 Å². The van der Waals surface area contributed by atoms with E-state index in [1.807, 2.05) is 18.7 Å². The summed E-state index contributed by atoms with van der Waals surface area (Å²) in [5.74, 6) is 0.607. The predicted molar refractivity (Wildman–Crippen MR) is 67.6 cm³/mol. The first-order chi connectivity index (χ1) is 8.69. The maximum atomic E-state index is 9.83. The van der Waals surface area contributed by atoms with Crippen molar-refractivity contribution in [3.63, 3.8) is 0 Å². The molecule has 18 heavy (non-hydrogen) atoms. The summed E-state index contributed by atoms with van der Waals surface area (Å²) in [5.41, 5.74) is 1.36. The van der Waals surface area contributed by atoms with E-state index in [-0.39, 0.29) is 0 Å². The van der Waals surface area contributed by atoms with Crippen molar-refractivity contribution in [3.8, 4) is 0 Å². The lowest BCUT2D eigenvalue weighted by atomic mass is 9.91. The Morgan fingerprint density at radius 3 is 2.56 bits per heavy atom. The van der Waals surface area contributed by atoms with Crippen LogP contribution in [-0.2, 0) is 0 Å². The second-order valence-corrected chi connectivity index (χ2v) is 4.08. The fraction of sp³-hybridized carbons (Fsp3) is 0.500. The summed E-state index contributed by atoms with van der Waals surface area (Å²) < 4.78 is 0. The molecule has 1 aliphatic rings. The number of anilines is 1. The van der Waals surface area contributed by atoms with Gasteiger partial charge in [0, 0.05) is 19.3 Å². The first-order valence-corrected chi connectivity index (χ1v) is 6.07. The fourth-order valence-corrected chi connectivity index (χ4v) is 2.08. The monoisotopic (exact) mass is 250 g/mol. The molecule has 2 rings (SSSR count). The minimum absolute atomic E-state index is 0.607. The quantitative estimate of drug-likeness (QED) is 0.691. The number of aliphatic hydroxyl groups is 2. The molecule has 0 aliphatic heterocycles. The van der Waals surface area contributed by atoms with E-state index < -0.39 is 12.2 Å². The van der Waals surface area contributed by atoms with Crippen LogP contribution in [0.3, 0.4) is 0 Å². The van der Waals surface area contributed by atoms with E-state index in [1.165, 1.54) is 6.33 Å². The SMILES string of the molecule is CCN(CC)C1=C(Nc2ccncn2)C(O)C1O. The summed E-state index contributed by atoms with van der Waals surface area (Å²) in [6, 6.07) is 1.71. The van der Waals surface area contributed by atoms with Gasteiger partial charge in [-0.2, -0.15) is 0 Å². The molecule has 0 amide bonds. The number of hydrogen-bond acceptors (Lipinski definition) is 6. The van der Waals surface area contributed by atoms with Gasteiger partial charge in [-0.1, -0.05) is 0 Å². The molecule has 1 heterocycles. The highest BCUT2D eigenvalue weighted by molar-refractivity contribution is 5.49. The third kappa shape index (κ3) is 2.16. The first kappa shape index (κ1) is 12.8. The van der Waals surface area contributed by atoms with Crippen LogP contribution in [0.2, 0.25) is 0 Å². The summed E-state index contributed by atoms with van der Waals surface area (Å²) in [5, 5.41) is 22.7. The Morgan fingerprint density at radius 1 is 1.28 bits per heavy atom. The van der Waals surface area contributed by atoms with Gasteiger partial charge >= 0.3 is 0 Å². The van der Waals surface area contributed by atoms with E-state index >= 15 is 0 Å². The van der Waals surface area contributed by atoms with Crippen molar-refractivity contribution < 1.29 is 10.2 Å². The Hall–Kier alpha value is -1.66. The average molecular weight is 250 g/mol. The van der Waals surface area contributed by atoms with Crippen molar-refractivity contribution in [2.24, 2.45) is 0 Å². The molecule has 1 aliphatic carbocycles. The molecule has 1 aromatic rings. The van der Waals surface area contributed by atoms with Gasteiger partial charge in [0.15, 0.2) is 0 Å². The van der Waals surface area contributed by atoms with E-state index in [1.54, 1.807) is 12.3 Å². The molecule has 0 bridgehead atoms. The molecule has 0 saturated carbocycles. The molecule has 2 unspecified atom stereocenters. The van der Waals surface area contributed by atoms with Gasteiger partial charge in [0.25, 0.3) is 0 Å². The average Bonchev–Trinajstić information content (AvgIpc) is 2.43. The van der Waals surface area contributed by atoms with E-state index in [0.717, 1.165) is 18.8 Å². The highest BCUT2D eigenvalue weighted by Crippen LogP contribution is 2.32. The van der Waals surface area contributed by atoms with E-state index in [4.69, 9.17) is 0 Å². The van der Waals surface area contributed by atoms with Crippen molar-refractivity contribution in [1.29, 1.82) is 0 Å². The second-order valence-electron chi connectivity index (χ2n) is 4.08. The molecule has 0 fully saturated rings. The van der Waals surface area contributed by atoms with Gasteiger partial charge in [-0.3, -0.25) is 0 Å². The van der Waals surface area contributed by atoms with Crippen molar-refractivity contribution in [2.75, 3.05) is 18.4 Å². The Bertz CT molecular complexity index is 431. The van der Waals surface area contributed by atoms with Gasteiger partial charge in [0.2, 0.25) is 0 Å². The number of aromatic nitrogens is 2. The van der Waals surface area contributed by atoms with Crippen LogP contribution < -0.4 is 5.32 Å². The molecule has 0 radical (unpaired) electrons. The lowest BCUT2D eigenvalue weighted by Crippen LogP contribution is -2.50. The lowest BCUT2D eigenvalue weighted by Gasteiger charge is -2.41. The Kier molecular flexibility index (Phi) is 3.78. The number of aliphatic hydroxyl groups excluding tert-OH is 2. The van der Waals surface area contributed by atoms with E-state index in [2.05, 4.69) is 15.3 Å². The van der Waals surface area contributed by atoms with Gasteiger partial charge in [-0.25, -0.2) is 9.97 Å². The maximum absolute atomic E-state index is 9.83. The molecule has 0 saturated heterocycles. The topological polar surface area (TPSA) is 81.5 Å². The van der Waals surface area contributed by atoms with Crippen LogP contribution >= 0.6 is 0 Å². The van der Waals surface area contributed by atoms with Gasteiger partial charge in [-0.15, -0.1) is 0 Å². The zero-order valence-corrected chi connectivity index (χ0v) is 10.5. The Balaban J connectivity index is 2.23. The molecule has 6 heteroatoms. The third-order valence-corrected chi connectivity index (χ3v) is 3.10. The summed E-state index contributed by atoms with van der Waals surface area (Å²) >= 11 is 0. The molecular weight excluding hydrogens is 232 g/mol. The van der Waals surface area contributed by atoms with Crippen LogP contribution in [0.15, 0.2) is 30.0 Å². The molecule has 98 valence electrons. The zero-order chi connectivity index (χ0) is 13.1. The molecule has 0 spiro atoms. The van der Waals surface area contributed by atoms with Crippen LogP contribution in [-0.4, -0.2) is 50.4 Å². The summed E-state index contributed by atoms with van der Waals surface area (Å²) in [6.07, 6.45) is 1.35. The van der Waals surface area contributed by atoms with Gasteiger partial charge in [0.1, 0.15) is 24.4 Å². The minimum atomic E-state index is -0.879. The van der Waals surface area contributed by atoms with E-state index in [0.29, 0.717) is 11.5 Å². The van der Waals surface area contributed by atoms with Gasteiger partial charge < -0.3 is 20.4 Å². The first-order valence-electron chi connectivity index (χ1n) is 6.07. The van der Waals surface area contributed by atoms with Crippen LogP contribution in [0.5, 0.6) is 0 Å². The lowest BCUT2D eigenvalue weighted by molar-refractivity contribution is 0.0133. The number of nitrogens with one attached hydrogen (secondary N) is 1. The van der Waals surface area contributed by atoms with Crippen LogP contribution in [0.1, 0.15) is 13.8 Å². The highest BCUT2D eigenvalue weighted by Gasteiger charge is 2.40. The molecule has 3 N–H and O–H groups in total. The van der Waals surface area contributed by atoms with Crippen molar-refractivity contribution in [3.05, 3.63) is 30.0 Å². The zero-order valence-electron chi connectivity index (χ0n) is 10.5. The summed E-state index contributed by atoms with van der Waals surface area (Å²) in [7, 11) is 0. The molecule has 2 atom stereocenters. The fourth-order valence-electron chi connectivity index (χ4n) is 2.08. The van der Waals surface area contributed by atoms with Crippen LogP contribution in [0, 0.1) is 0 Å². The predicted octanol–water partition coefficient (Wildman–Crippen LogP) is 0.177. The minimum Gasteiger partial charge on any atom is -0.384 e. The van der Waals surface area contributed by atoms with Gasteiger partial charge in [0.05, 0.1) is 11.4 Å². The van der Waals surface area contributed by atoms with E-state index in [9.17, 15) is 10.2 Å². The standard InChI is InChI=1S/C12H18N4O2/c1-3-16(4-2)10-9(11(17)12(10)18)15-8-5-6-13-7-14-8/h5-7,11-12,17-18H,3-4H2,1-2H3,(H,13,14,15). The summed E-state index contributed by atoms with van der Waals surface area (Å²) in [6.45, 7) is 5.58. The molecule has 1 aromatic heterocycles. The number of nitrogens with zero attached hydrogens (tertiary/aromatic N) is 3. The number of rotatable bonds is 5. The largest absolute Gasteiger partial charge is 0.384 e. The van der Waals surface area contributed by atoms with Crippen molar-refractivity contribution in [1.82, 2.24) is 14.9 Å². The molecule has 0 aromatic carbocycles. The number of likely N-dealkylation sites (N-methyl/N-ethyl adjacent to an activating group) is 1. The molecular formula is C12H18N4O2. The maximum Gasteiger partial charge on any atom is 0.133 e. The molecule has 6 nitrogen and oxygen atoms in total. The smallest absolute Gasteiger partial charge is 0.133 e. The third-order valence-electron chi connectivity index (χ3n) is 3.10. The highest BCUT2D eigenvalue weighted by atomic mass is 16.3. The second kappa shape index (κ2) is 5.32. The van der Waals surface area contributed by atoms with Crippen LogP contribution in [0.4, 0.5) is 5.82 Å². The van der Waals surface area contributed by atoms with Crippen molar-refractivity contribution >= 4 is 5.82 Å².